The number of rotatable bonds is 7. The molecule has 0 spiro atoms. The van der Waals surface area contributed by atoms with Crippen LogP contribution in [-0.2, 0) is 6.67 Å². The first-order chi connectivity index (χ1) is 11.6. The third-order valence-corrected chi connectivity index (χ3v) is 6.16. The molecule has 0 saturated heterocycles. The van der Waals surface area contributed by atoms with Crippen molar-refractivity contribution in [3.05, 3.63) is 45.9 Å². The Bertz CT molecular complexity index is 861. The molecule has 0 saturated carbocycles. The molecule has 0 unspecified atom stereocenters. The van der Waals surface area contributed by atoms with Crippen LogP contribution < -0.4 is 5.32 Å². The van der Waals surface area contributed by atoms with E-state index in [9.17, 15) is 0 Å². The van der Waals surface area contributed by atoms with Gasteiger partial charge in [-0.1, -0.05) is 29.5 Å². The van der Waals surface area contributed by atoms with E-state index in [1.165, 1.54) is 16.0 Å². The number of fused-ring (bicyclic) bond motifs is 1. The van der Waals surface area contributed by atoms with E-state index in [1.54, 1.807) is 17.4 Å². The summed E-state index contributed by atoms with van der Waals surface area (Å²) in [5.41, 5.74) is 1.05. The van der Waals surface area contributed by atoms with Gasteiger partial charge in [-0.2, -0.15) is 0 Å². The number of hydrogen-bond donors (Lipinski definition) is 1. The first kappa shape index (κ1) is 17.2. The van der Waals surface area contributed by atoms with E-state index >= 15 is 0 Å². The lowest BCUT2D eigenvalue weighted by Gasteiger charge is -2.22. The van der Waals surface area contributed by atoms with Crippen LogP contribution in [0, 0.1) is 3.95 Å². The maximum Gasteiger partial charge on any atom is 0.204 e. The van der Waals surface area contributed by atoms with E-state index in [0.717, 1.165) is 19.6 Å². The number of benzene rings is 1. The van der Waals surface area contributed by atoms with Crippen LogP contribution in [-0.4, -0.2) is 33.3 Å². The monoisotopic (exact) mass is 377 g/mol. The van der Waals surface area contributed by atoms with Gasteiger partial charge in [0.1, 0.15) is 5.01 Å². The Morgan fingerprint density at radius 3 is 2.96 bits per heavy atom. The van der Waals surface area contributed by atoms with Gasteiger partial charge >= 0.3 is 0 Å². The van der Waals surface area contributed by atoms with Crippen molar-refractivity contribution in [2.45, 2.75) is 19.6 Å². The minimum Gasteiger partial charge on any atom is -0.357 e. The molecular weight excluding hydrogens is 358 g/mol. The molecule has 3 aromatic rings. The summed E-state index contributed by atoms with van der Waals surface area (Å²) in [6, 6.07) is 8.42. The fourth-order valence-electron chi connectivity index (χ4n) is 2.22. The molecule has 24 heavy (non-hydrogen) atoms. The van der Waals surface area contributed by atoms with Crippen molar-refractivity contribution in [1.29, 1.82) is 0 Å². The Labute approximate surface area is 154 Å². The van der Waals surface area contributed by atoms with Crippen molar-refractivity contribution in [3.8, 4) is 0 Å². The average molecular weight is 378 g/mol. The standard InChI is InChI=1S/C16H19N5S3/c1-4-9-17-15-19-21(16(22)24-15)10-20(3)11(2)14-18-12-7-5-6-8-13(12)23-14/h4-8,11H,1,9-10H2,2-3H3,(H,17,19)/t11-/m0/s1. The molecule has 126 valence electrons. The number of aromatic nitrogens is 3. The minimum atomic E-state index is 0.190. The van der Waals surface area contributed by atoms with E-state index in [4.69, 9.17) is 17.2 Å². The molecule has 0 amide bonds. The fourth-order valence-corrected chi connectivity index (χ4v) is 4.30. The molecular formula is C16H19N5S3. The average Bonchev–Trinajstić information content (AvgIpc) is 3.16. The smallest absolute Gasteiger partial charge is 0.204 e. The molecule has 1 N–H and O–H groups in total. The fraction of sp³-hybridized carbons (Fsp3) is 0.312. The molecule has 2 aromatic heterocycles. The van der Waals surface area contributed by atoms with Gasteiger partial charge in [0.25, 0.3) is 0 Å². The lowest BCUT2D eigenvalue weighted by Crippen LogP contribution is -2.26. The number of hydrogen-bond acceptors (Lipinski definition) is 7. The first-order valence-electron chi connectivity index (χ1n) is 7.57. The van der Waals surface area contributed by atoms with E-state index in [0.29, 0.717) is 13.2 Å². The summed E-state index contributed by atoms with van der Waals surface area (Å²) >= 11 is 8.62. The zero-order chi connectivity index (χ0) is 17.1. The Hall–Kier alpha value is -1.61. The van der Waals surface area contributed by atoms with Crippen molar-refractivity contribution >= 4 is 50.2 Å². The maximum atomic E-state index is 5.41. The van der Waals surface area contributed by atoms with Gasteiger partial charge in [0.15, 0.2) is 3.95 Å². The summed E-state index contributed by atoms with van der Waals surface area (Å²) in [6.45, 7) is 7.16. The predicted molar refractivity (Wildman–Crippen MR) is 105 cm³/mol. The predicted octanol–water partition coefficient (Wildman–Crippen LogP) is 4.53. The maximum absolute atomic E-state index is 5.41. The normalized spacial score (nSPS) is 12.6. The second-order valence-electron chi connectivity index (χ2n) is 5.44. The van der Waals surface area contributed by atoms with Crippen LogP contribution in [0.3, 0.4) is 0 Å². The van der Waals surface area contributed by atoms with Crippen LogP contribution in [0.15, 0.2) is 36.9 Å². The highest BCUT2D eigenvalue weighted by Crippen LogP contribution is 2.29. The van der Waals surface area contributed by atoms with Crippen LogP contribution in [0.25, 0.3) is 10.2 Å². The highest BCUT2D eigenvalue weighted by molar-refractivity contribution is 7.73. The molecule has 0 aliphatic rings. The summed E-state index contributed by atoms with van der Waals surface area (Å²) in [5.74, 6) is 0. The van der Waals surface area contributed by atoms with Crippen molar-refractivity contribution in [1.82, 2.24) is 19.7 Å². The quantitative estimate of drug-likeness (QED) is 0.484. The van der Waals surface area contributed by atoms with Crippen LogP contribution in [0.1, 0.15) is 18.0 Å². The second kappa shape index (κ2) is 7.52. The van der Waals surface area contributed by atoms with E-state index in [2.05, 4.69) is 48.0 Å². The molecule has 5 nitrogen and oxygen atoms in total. The van der Waals surface area contributed by atoms with Gasteiger partial charge in [0.2, 0.25) is 5.13 Å². The van der Waals surface area contributed by atoms with Gasteiger partial charge in [-0.3, -0.25) is 4.90 Å². The van der Waals surface area contributed by atoms with Gasteiger partial charge in [-0.05, 0) is 38.3 Å². The zero-order valence-corrected chi connectivity index (χ0v) is 16.0. The van der Waals surface area contributed by atoms with Crippen molar-refractivity contribution in [2.24, 2.45) is 0 Å². The Morgan fingerprint density at radius 1 is 1.42 bits per heavy atom. The number of anilines is 1. The highest BCUT2D eigenvalue weighted by atomic mass is 32.1. The summed E-state index contributed by atoms with van der Waals surface area (Å²) < 4.78 is 3.81. The van der Waals surface area contributed by atoms with Gasteiger partial charge in [0, 0.05) is 6.54 Å². The SMILES string of the molecule is C=CCNc1nn(CN(C)[C@@H](C)c2nc3ccccc3s2)c(=S)s1. The zero-order valence-electron chi connectivity index (χ0n) is 13.6. The third kappa shape index (κ3) is 3.72. The van der Waals surface area contributed by atoms with Crippen LogP contribution in [0.5, 0.6) is 0 Å². The third-order valence-electron chi connectivity index (χ3n) is 3.69. The minimum absolute atomic E-state index is 0.190. The summed E-state index contributed by atoms with van der Waals surface area (Å²) in [6.07, 6.45) is 1.80. The van der Waals surface area contributed by atoms with E-state index in [-0.39, 0.29) is 6.04 Å². The number of para-hydroxylation sites is 1. The van der Waals surface area contributed by atoms with Gasteiger partial charge in [-0.15, -0.1) is 23.0 Å². The van der Waals surface area contributed by atoms with Crippen LogP contribution in [0.4, 0.5) is 5.13 Å². The van der Waals surface area contributed by atoms with Crippen LogP contribution >= 0.6 is 34.9 Å². The molecule has 0 aliphatic heterocycles. The Morgan fingerprint density at radius 2 is 2.21 bits per heavy atom. The molecule has 1 atom stereocenters. The first-order valence-corrected chi connectivity index (χ1v) is 9.61. The van der Waals surface area contributed by atoms with Gasteiger partial charge in [-0.25, -0.2) is 9.67 Å². The number of thiazole rings is 1. The molecule has 1 aromatic carbocycles. The molecule has 0 aliphatic carbocycles. The van der Waals surface area contributed by atoms with Gasteiger partial charge in [0.05, 0.1) is 22.9 Å². The summed E-state index contributed by atoms with van der Waals surface area (Å²) in [4.78, 5) is 6.94. The molecule has 0 fully saturated rings. The largest absolute Gasteiger partial charge is 0.357 e. The van der Waals surface area contributed by atoms with Crippen LogP contribution in [0.2, 0.25) is 0 Å². The number of nitrogens with zero attached hydrogens (tertiary/aromatic N) is 4. The van der Waals surface area contributed by atoms with E-state index < -0.39 is 0 Å². The van der Waals surface area contributed by atoms with Crippen molar-refractivity contribution in [3.63, 3.8) is 0 Å². The second-order valence-corrected chi connectivity index (χ2v) is 8.12. The molecule has 0 radical (unpaired) electrons. The topological polar surface area (TPSA) is 46.0 Å². The Kier molecular flexibility index (Phi) is 5.40. The molecule has 8 heteroatoms. The Balaban J connectivity index is 1.74. The summed E-state index contributed by atoms with van der Waals surface area (Å²) in [7, 11) is 2.06. The molecule has 2 heterocycles. The lowest BCUT2D eigenvalue weighted by molar-refractivity contribution is 0.195. The molecule has 0 bridgehead atoms. The number of nitrogens with one attached hydrogen (secondary N) is 1. The van der Waals surface area contributed by atoms with E-state index in [1.807, 2.05) is 16.8 Å². The highest BCUT2D eigenvalue weighted by Gasteiger charge is 2.17. The molecule has 3 rings (SSSR count). The lowest BCUT2D eigenvalue weighted by atomic mass is 10.3. The van der Waals surface area contributed by atoms with Crippen molar-refractivity contribution < 1.29 is 0 Å². The van der Waals surface area contributed by atoms with Gasteiger partial charge < -0.3 is 5.32 Å². The van der Waals surface area contributed by atoms with Crippen molar-refractivity contribution in [2.75, 3.05) is 18.9 Å². The summed E-state index contributed by atoms with van der Waals surface area (Å²) in [5, 5.41) is 9.62.